The van der Waals surface area contributed by atoms with Crippen molar-refractivity contribution in [2.75, 3.05) is 0 Å². The Bertz CT molecular complexity index is 629. The van der Waals surface area contributed by atoms with Crippen LogP contribution in [-0.4, -0.2) is 13.6 Å². The first-order valence-electron chi connectivity index (χ1n) is 8.93. The fraction of sp³-hybridized carbons (Fsp3) is 0.217. The molecule has 0 radical (unpaired) electrons. The largest absolute Gasteiger partial charge is 1.00 e. The van der Waals surface area contributed by atoms with E-state index in [2.05, 4.69) is 97.9 Å². The molecule has 0 saturated carbocycles. The van der Waals surface area contributed by atoms with Crippen LogP contribution in [-0.2, 0) is 0 Å². The van der Waals surface area contributed by atoms with Crippen LogP contribution in [0.1, 0.15) is 26.2 Å². The van der Waals surface area contributed by atoms with Gasteiger partial charge in [0.2, 0.25) is 0 Å². The number of rotatable bonds is 7. The molecule has 0 aliphatic carbocycles. The van der Waals surface area contributed by atoms with Gasteiger partial charge >= 0.3 is 149 Å². The molecule has 0 N–H and O–H groups in total. The van der Waals surface area contributed by atoms with E-state index >= 15 is 0 Å². The zero-order chi connectivity index (χ0) is 16.7. The number of benzene rings is 3. The van der Waals surface area contributed by atoms with Crippen LogP contribution in [0, 0.1) is 0 Å². The first kappa shape index (κ1) is 19.8. The summed E-state index contributed by atoms with van der Waals surface area (Å²) >= 11 is -2.41. The number of unbranched alkanes of at least 4 members (excludes halogenated alkanes) is 2. The third-order valence-electron chi connectivity index (χ3n) is 4.69. The molecule has 0 heterocycles. The molecule has 130 valence electrons. The molecule has 0 saturated heterocycles. The first-order chi connectivity index (χ1) is 11.9. The Labute approximate surface area is 161 Å². The molecule has 0 fully saturated rings. The molecule has 0 aliphatic heterocycles. The van der Waals surface area contributed by atoms with Crippen molar-refractivity contribution in [2.24, 2.45) is 0 Å². The fourth-order valence-electron chi connectivity index (χ4n) is 3.48. The Morgan fingerprint density at radius 1 is 0.560 bits per heavy atom. The van der Waals surface area contributed by atoms with Gasteiger partial charge in [-0.1, -0.05) is 0 Å². The monoisotopic (exact) mass is 412 g/mol. The summed E-state index contributed by atoms with van der Waals surface area (Å²) < 4.78 is 4.68. The van der Waals surface area contributed by atoms with Crippen molar-refractivity contribution in [2.45, 2.75) is 31.4 Å². The van der Waals surface area contributed by atoms with Gasteiger partial charge in [-0.25, -0.2) is 0 Å². The molecule has 0 amide bonds. The SMILES string of the molecule is CCCCC[As+](c1ccccc1)(c1ccccc1)c1ccccc1.[Cl-]. The van der Waals surface area contributed by atoms with Crippen LogP contribution >= 0.6 is 0 Å². The van der Waals surface area contributed by atoms with Crippen molar-refractivity contribution >= 4 is 26.6 Å². The first-order valence-corrected chi connectivity index (χ1v) is 13.1. The summed E-state index contributed by atoms with van der Waals surface area (Å²) in [5.74, 6) is 0. The molecule has 3 aromatic carbocycles. The van der Waals surface area contributed by atoms with Crippen molar-refractivity contribution in [3.05, 3.63) is 91.0 Å². The molecule has 0 spiro atoms. The minimum Gasteiger partial charge on any atom is -1.00 e. The number of halogens is 1. The maximum atomic E-state index is 2.36. The summed E-state index contributed by atoms with van der Waals surface area (Å²) in [4.78, 5) is 0. The van der Waals surface area contributed by atoms with E-state index in [-0.39, 0.29) is 12.4 Å². The van der Waals surface area contributed by atoms with Crippen LogP contribution < -0.4 is 25.5 Å². The summed E-state index contributed by atoms with van der Waals surface area (Å²) in [7, 11) is 0. The third-order valence-corrected chi connectivity index (χ3v) is 14.2. The average Bonchev–Trinajstić information content (AvgIpc) is 2.68. The van der Waals surface area contributed by atoms with Gasteiger partial charge in [0, 0.05) is 0 Å². The van der Waals surface area contributed by atoms with Gasteiger partial charge in [0.1, 0.15) is 0 Å². The average molecular weight is 413 g/mol. The molecule has 3 aromatic rings. The molecule has 0 atom stereocenters. The minimum atomic E-state index is -2.41. The van der Waals surface area contributed by atoms with Gasteiger partial charge in [-0.2, -0.15) is 0 Å². The summed E-state index contributed by atoms with van der Waals surface area (Å²) in [6.45, 7) is 2.29. The van der Waals surface area contributed by atoms with Crippen LogP contribution in [0.3, 0.4) is 0 Å². The quantitative estimate of drug-likeness (QED) is 0.406. The normalized spacial score (nSPS) is 10.9. The van der Waals surface area contributed by atoms with Gasteiger partial charge in [0.05, 0.1) is 0 Å². The standard InChI is InChI=1S/C23H26As.ClH/c1-2-3-13-20-24(21-14-7-4-8-15-21,22-16-9-5-10-17-22)23-18-11-6-12-19-23;/h4-12,14-19H,2-3,13,20H2,1H3;1H/q+1;/p-1. The minimum absolute atomic E-state index is 0. The van der Waals surface area contributed by atoms with Crippen molar-refractivity contribution in [1.29, 1.82) is 0 Å². The van der Waals surface area contributed by atoms with E-state index in [1.807, 2.05) is 0 Å². The van der Waals surface area contributed by atoms with E-state index in [9.17, 15) is 0 Å². The Morgan fingerprint density at radius 3 is 1.24 bits per heavy atom. The molecule has 0 nitrogen and oxygen atoms in total. The number of hydrogen-bond donors (Lipinski definition) is 0. The molecule has 2 heteroatoms. The molecule has 0 unspecified atom stereocenters. The van der Waals surface area contributed by atoms with Gasteiger partial charge < -0.3 is 12.4 Å². The van der Waals surface area contributed by atoms with Crippen molar-refractivity contribution in [3.63, 3.8) is 0 Å². The van der Waals surface area contributed by atoms with Crippen LogP contribution in [0.25, 0.3) is 0 Å². The van der Waals surface area contributed by atoms with Crippen molar-refractivity contribution in [3.8, 4) is 0 Å². The predicted octanol–water partition coefficient (Wildman–Crippen LogP) is 1.35. The Balaban J connectivity index is 0.00000225. The van der Waals surface area contributed by atoms with Crippen LogP contribution in [0.5, 0.6) is 0 Å². The van der Waals surface area contributed by atoms with Crippen LogP contribution in [0.4, 0.5) is 0 Å². The van der Waals surface area contributed by atoms with E-state index < -0.39 is 13.6 Å². The maximum Gasteiger partial charge on any atom is -1.00 e. The van der Waals surface area contributed by atoms with Crippen LogP contribution in [0.15, 0.2) is 91.0 Å². The molecule has 0 aromatic heterocycles. The smallest absolute Gasteiger partial charge is 1.00 e. The summed E-state index contributed by atoms with van der Waals surface area (Å²) in [5.41, 5.74) is 0. The third kappa shape index (κ3) is 4.38. The summed E-state index contributed by atoms with van der Waals surface area (Å²) in [6.07, 6.45) is 3.89. The van der Waals surface area contributed by atoms with E-state index in [0.29, 0.717) is 0 Å². The van der Waals surface area contributed by atoms with Gasteiger partial charge in [0.25, 0.3) is 0 Å². The van der Waals surface area contributed by atoms with Crippen molar-refractivity contribution in [1.82, 2.24) is 0 Å². The molecule has 0 aliphatic rings. The zero-order valence-electron chi connectivity index (χ0n) is 14.8. The van der Waals surface area contributed by atoms with E-state index in [1.165, 1.54) is 24.5 Å². The second kappa shape index (κ2) is 9.85. The van der Waals surface area contributed by atoms with Crippen molar-refractivity contribution < 1.29 is 12.4 Å². The van der Waals surface area contributed by atoms with Gasteiger partial charge in [0.15, 0.2) is 0 Å². The second-order valence-electron chi connectivity index (χ2n) is 6.25. The van der Waals surface area contributed by atoms with Gasteiger partial charge in [-0.15, -0.1) is 0 Å². The Hall–Kier alpha value is -1.49. The molecule has 25 heavy (non-hydrogen) atoms. The van der Waals surface area contributed by atoms with Gasteiger partial charge in [-0.3, -0.25) is 0 Å². The summed E-state index contributed by atoms with van der Waals surface area (Å²) in [5, 5.41) is 1.31. The van der Waals surface area contributed by atoms with Gasteiger partial charge in [-0.05, 0) is 0 Å². The molecule has 3 rings (SSSR count). The topological polar surface area (TPSA) is 0 Å². The maximum absolute atomic E-state index is 2.41. The van der Waals surface area contributed by atoms with Crippen LogP contribution in [0.2, 0.25) is 5.21 Å². The predicted molar refractivity (Wildman–Crippen MR) is 108 cm³/mol. The fourth-order valence-corrected chi connectivity index (χ4v) is 12.7. The summed E-state index contributed by atoms with van der Waals surface area (Å²) in [6, 6.07) is 33.8. The molecular formula is C23H26AsCl. The van der Waals surface area contributed by atoms with E-state index in [4.69, 9.17) is 0 Å². The Kier molecular flexibility index (Phi) is 7.81. The number of hydrogen-bond acceptors (Lipinski definition) is 0. The zero-order valence-corrected chi connectivity index (χ0v) is 17.4. The molecular weight excluding hydrogens is 387 g/mol. The Morgan fingerprint density at radius 2 is 0.920 bits per heavy atom. The molecule has 0 bridgehead atoms. The van der Waals surface area contributed by atoms with E-state index in [1.54, 1.807) is 13.1 Å². The van der Waals surface area contributed by atoms with E-state index in [0.717, 1.165) is 0 Å². The second-order valence-corrected chi connectivity index (χ2v) is 13.8.